The van der Waals surface area contributed by atoms with Crippen LogP contribution in [0.3, 0.4) is 0 Å². The van der Waals surface area contributed by atoms with Gasteiger partial charge in [-0.15, -0.1) is 0 Å². The molecule has 0 aliphatic carbocycles. The molecule has 0 aromatic heterocycles. The maximum Gasteiger partial charge on any atom is 0.254 e. The average Bonchev–Trinajstić information content (AvgIpc) is 2.36. The molecular weight excluding hydrogens is 269 g/mol. The van der Waals surface area contributed by atoms with Crippen molar-refractivity contribution in [1.82, 2.24) is 4.90 Å². The van der Waals surface area contributed by atoms with Gasteiger partial charge in [0.15, 0.2) is 5.78 Å². The van der Waals surface area contributed by atoms with E-state index in [-0.39, 0.29) is 17.1 Å². The fourth-order valence-electron chi connectivity index (χ4n) is 2.81. The smallest absolute Gasteiger partial charge is 0.254 e. The number of hydrogen-bond acceptors (Lipinski definition) is 2. The van der Waals surface area contributed by atoms with E-state index in [1.165, 1.54) is 19.1 Å². The van der Waals surface area contributed by atoms with Gasteiger partial charge in [-0.2, -0.15) is 0 Å². The van der Waals surface area contributed by atoms with Crippen molar-refractivity contribution in [2.45, 2.75) is 46.6 Å². The molecule has 0 radical (unpaired) electrons. The zero-order valence-corrected chi connectivity index (χ0v) is 13.1. The molecule has 0 saturated heterocycles. The summed E-state index contributed by atoms with van der Waals surface area (Å²) >= 11 is 0. The zero-order chi connectivity index (χ0) is 15.8. The van der Waals surface area contributed by atoms with E-state index in [0.29, 0.717) is 24.9 Å². The quantitative estimate of drug-likeness (QED) is 0.857. The summed E-state index contributed by atoms with van der Waals surface area (Å²) in [6.45, 7) is 8.17. The second kappa shape index (κ2) is 5.58. The topological polar surface area (TPSA) is 37.4 Å². The van der Waals surface area contributed by atoms with Gasteiger partial charge in [-0.3, -0.25) is 9.59 Å². The predicted octanol–water partition coefficient (Wildman–Crippen LogP) is 3.22. The van der Waals surface area contributed by atoms with E-state index < -0.39 is 11.9 Å². The Balaban J connectivity index is 2.32. The van der Waals surface area contributed by atoms with Crippen LogP contribution in [0.1, 0.15) is 50.0 Å². The van der Waals surface area contributed by atoms with E-state index in [4.69, 9.17) is 0 Å². The maximum absolute atomic E-state index is 13.4. The van der Waals surface area contributed by atoms with Gasteiger partial charge in [0.1, 0.15) is 5.82 Å². The second-order valence-corrected chi connectivity index (χ2v) is 6.94. The molecule has 1 aromatic carbocycles. The largest absolute Gasteiger partial charge is 0.328 e. The monoisotopic (exact) mass is 291 g/mol. The van der Waals surface area contributed by atoms with Gasteiger partial charge < -0.3 is 4.90 Å². The molecule has 0 unspecified atom stereocenters. The van der Waals surface area contributed by atoms with Crippen molar-refractivity contribution in [1.29, 1.82) is 0 Å². The van der Waals surface area contributed by atoms with E-state index >= 15 is 0 Å². The van der Waals surface area contributed by atoms with Crippen molar-refractivity contribution in [3.8, 4) is 0 Å². The molecular formula is C17H22FNO2. The number of carbonyl (C=O) groups is 2. The SMILES string of the molecule is CC(=O)[C@H](CC(C)(C)C)N1CCc2ccc(F)cc2C1=O. The number of hydrogen-bond donors (Lipinski definition) is 0. The van der Waals surface area contributed by atoms with Gasteiger partial charge in [0, 0.05) is 12.1 Å². The van der Waals surface area contributed by atoms with E-state index in [2.05, 4.69) is 0 Å². The van der Waals surface area contributed by atoms with E-state index in [1.807, 2.05) is 20.8 Å². The number of amides is 1. The lowest BCUT2D eigenvalue weighted by molar-refractivity contribution is -0.122. The van der Waals surface area contributed by atoms with Crippen LogP contribution in [-0.4, -0.2) is 29.2 Å². The minimum Gasteiger partial charge on any atom is -0.328 e. The first kappa shape index (κ1) is 15.7. The number of ketones is 1. The number of rotatable bonds is 3. The lowest BCUT2D eigenvalue weighted by Crippen LogP contribution is -2.49. The minimum absolute atomic E-state index is 0.0156. The highest BCUT2D eigenvalue weighted by molar-refractivity contribution is 5.99. The Labute approximate surface area is 125 Å². The molecule has 1 aliphatic heterocycles. The molecule has 21 heavy (non-hydrogen) atoms. The highest BCUT2D eigenvalue weighted by Gasteiger charge is 2.34. The Hall–Kier alpha value is -1.71. The van der Waals surface area contributed by atoms with Crippen molar-refractivity contribution in [2.24, 2.45) is 5.41 Å². The van der Waals surface area contributed by atoms with Crippen molar-refractivity contribution >= 4 is 11.7 Å². The number of benzene rings is 1. The van der Waals surface area contributed by atoms with Gasteiger partial charge in [0.05, 0.1) is 6.04 Å². The summed E-state index contributed by atoms with van der Waals surface area (Å²) in [5.41, 5.74) is 1.19. The third-order valence-corrected chi connectivity index (χ3v) is 3.84. The van der Waals surface area contributed by atoms with Gasteiger partial charge >= 0.3 is 0 Å². The molecule has 1 aliphatic rings. The van der Waals surface area contributed by atoms with Gasteiger partial charge in [0.2, 0.25) is 0 Å². The maximum atomic E-state index is 13.4. The van der Waals surface area contributed by atoms with E-state index in [0.717, 1.165) is 5.56 Å². The van der Waals surface area contributed by atoms with Crippen LogP contribution >= 0.6 is 0 Å². The minimum atomic E-state index is -0.436. The van der Waals surface area contributed by atoms with Crippen molar-refractivity contribution in [3.05, 3.63) is 35.1 Å². The summed E-state index contributed by atoms with van der Waals surface area (Å²) in [7, 11) is 0. The van der Waals surface area contributed by atoms with Crippen LogP contribution in [0.4, 0.5) is 4.39 Å². The normalized spacial score (nSPS) is 16.6. The first-order valence-corrected chi connectivity index (χ1v) is 7.29. The molecule has 0 fully saturated rings. The summed E-state index contributed by atoms with van der Waals surface area (Å²) in [6, 6.07) is 3.87. The molecule has 3 nitrogen and oxygen atoms in total. The first-order valence-electron chi connectivity index (χ1n) is 7.29. The highest BCUT2D eigenvalue weighted by atomic mass is 19.1. The molecule has 0 saturated carbocycles. The molecule has 1 heterocycles. The Bertz CT molecular complexity index is 575. The summed E-state index contributed by atoms with van der Waals surface area (Å²) in [4.78, 5) is 26.2. The molecule has 1 amide bonds. The molecule has 1 aromatic rings. The lowest BCUT2D eigenvalue weighted by atomic mass is 9.85. The number of fused-ring (bicyclic) bond motifs is 1. The van der Waals surface area contributed by atoms with Crippen LogP contribution in [-0.2, 0) is 11.2 Å². The molecule has 0 spiro atoms. The van der Waals surface area contributed by atoms with Crippen molar-refractivity contribution in [2.75, 3.05) is 6.54 Å². The molecule has 2 rings (SSSR count). The van der Waals surface area contributed by atoms with Crippen LogP contribution < -0.4 is 0 Å². The third-order valence-electron chi connectivity index (χ3n) is 3.84. The van der Waals surface area contributed by atoms with E-state index in [1.54, 1.807) is 11.0 Å². The zero-order valence-electron chi connectivity index (χ0n) is 13.1. The van der Waals surface area contributed by atoms with Crippen molar-refractivity contribution in [3.63, 3.8) is 0 Å². The van der Waals surface area contributed by atoms with Crippen molar-refractivity contribution < 1.29 is 14.0 Å². The standard InChI is InChI=1S/C17H22FNO2/c1-11(20)15(10-17(2,3)4)19-8-7-12-5-6-13(18)9-14(12)16(19)21/h5-6,9,15H,7-8,10H2,1-4H3/t15-/m0/s1. The summed E-state index contributed by atoms with van der Waals surface area (Å²) < 4.78 is 13.4. The molecule has 1 atom stereocenters. The number of nitrogens with zero attached hydrogens (tertiary/aromatic N) is 1. The second-order valence-electron chi connectivity index (χ2n) is 6.94. The van der Waals surface area contributed by atoms with Gasteiger partial charge in [-0.05, 0) is 42.9 Å². The van der Waals surface area contributed by atoms with Crippen LogP contribution in [0.25, 0.3) is 0 Å². The molecule has 0 bridgehead atoms. The summed E-state index contributed by atoms with van der Waals surface area (Å²) in [5.74, 6) is -0.669. The number of carbonyl (C=O) groups excluding carboxylic acids is 2. The fraction of sp³-hybridized carbons (Fsp3) is 0.529. The Morgan fingerprint density at radius 2 is 2.05 bits per heavy atom. The Morgan fingerprint density at radius 1 is 1.38 bits per heavy atom. The predicted molar refractivity (Wildman–Crippen MR) is 79.7 cm³/mol. The summed E-state index contributed by atoms with van der Waals surface area (Å²) in [5, 5.41) is 0. The van der Waals surface area contributed by atoms with Crippen LogP contribution in [0.2, 0.25) is 0 Å². The Morgan fingerprint density at radius 3 is 2.62 bits per heavy atom. The molecule has 4 heteroatoms. The molecule has 0 N–H and O–H groups in total. The average molecular weight is 291 g/mol. The summed E-state index contributed by atoms with van der Waals surface area (Å²) in [6.07, 6.45) is 1.27. The Kier molecular flexibility index (Phi) is 4.17. The number of Topliss-reactive ketones (excluding diaryl/α,β-unsaturated/α-hetero) is 1. The van der Waals surface area contributed by atoms with Crippen LogP contribution in [0.15, 0.2) is 18.2 Å². The number of halogens is 1. The fourth-order valence-corrected chi connectivity index (χ4v) is 2.81. The molecule has 114 valence electrons. The van der Waals surface area contributed by atoms with E-state index in [9.17, 15) is 14.0 Å². The van der Waals surface area contributed by atoms with Crippen LogP contribution in [0.5, 0.6) is 0 Å². The van der Waals surface area contributed by atoms with Crippen LogP contribution in [0, 0.1) is 11.2 Å². The third kappa shape index (κ3) is 3.49. The first-order chi connectivity index (χ1) is 9.69. The highest BCUT2D eigenvalue weighted by Crippen LogP contribution is 2.28. The van der Waals surface area contributed by atoms with Gasteiger partial charge in [0.25, 0.3) is 5.91 Å². The van der Waals surface area contributed by atoms with Gasteiger partial charge in [-0.1, -0.05) is 26.8 Å². The van der Waals surface area contributed by atoms with Gasteiger partial charge in [-0.25, -0.2) is 4.39 Å². The lowest BCUT2D eigenvalue weighted by Gasteiger charge is -2.37.